The molecule has 1 aliphatic heterocycles. The molecule has 0 saturated heterocycles. The number of ether oxygens (including phenoxy) is 2. The quantitative estimate of drug-likeness (QED) is 0.518. The highest BCUT2D eigenvalue weighted by Crippen LogP contribution is 2.31. The maximum atomic E-state index is 13.6. The van der Waals surface area contributed by atoms with Gasteiger partial charge in [0, 0.05) is 5.02 Å². The van der Waals surface area contributed by atoms with Crippen LogP contribution in [-0.2, 0) is 9.53 Å². The number of methoxy groups -OCH3 is 1. The van der Waals surface area contributed by atoms with Gasteiger partial charge in [-0.2, -0.15) is 0 Å². The Bertz CT molecular complexity index is 1420. The van der Waals surface area contributed by atoms with Gasteiger partial charge in [0.2, 0.25) is 0 Å². The van der Waals surface area contributed by atoms with E-state index in [4.69, 9.17) is 21.1 Å². The minimum absolute atomic E-state index is 0.234. The van der Waals surface area contributed by atoms with Crippen LogP contribution in [0.25, 0.3) is 6.08 Å². The van der Waals surface area contributed by atoms with Crippen molar-refractivity contribution in [3.63, 3.8) is 0 Å². The zero-order valence-corrected chi connectivity index (χ0v) is 20.2. The number of benzene rings is 2. The zero-order valence-electron chi connectivity index (χ0n) is 18.7. The van der Waals surface area contributed by atoms with E-state index in [1.54, 1.807) is 62.8 Å². The molecule has 0 spiro atoms. The summed E-state index contributed by atoms with van der Waals surface area (Å²) in [5.74, 6) is 0.190. The Hall–Kier alpha value is -3.16. The molecule has 3 aromatic rings. The molecular weight excluding hydrogens is 460 g/mol. The van der Waals surface area contributed by atoms with Gasteiger partial charge >= 0.3 is 5.97 Å². The molecule has 2 aromatic carbocycles. The Kier molecular flexibility index (Phi) is 6.54. The van der Waals surface area contributed by atoms with Gasteiger partial charge in [0.25, 0.3) is 5.56 Å². The van der Waals surface area contributed by atoms with Crippen molar-refractivity contribution in [2.45, 2.75) is 32.9 Å². The first-order chi connectivity index (χ1) is 15.8. The molecule has 33 heavy (non-hydrogen) atoms. The molecule has 8 heteroatoms. The van der Waals surface area contributed by atoms with Crippen molar-refractivity contribution in [2.24, 2.45) is 4.99 Å². The van der Waals surface area contributed by atoms with Gasteiger partial charge in [-0.05, 0) is 62.2 Å². The number of hydrogen-bond donors (Lipinski definition) is 0. The van der Waals surface area contributed by atoms with E-state index in [0.717, 1.165) is 11.1 Å². The summed E-state index contributed by atoms with van der Waals surface area (Å²) in [5.41, 5.74) is 2.20. The van der Waals surface area contributed by atoms with E-state index in [2.05, 4.69) is 4.99 Å². The third kappa shape index (κ3) is 4.65. The fourth-order valence-corrected chi connectivity index (χ4v) is 4.95. The third-order valence-corrected chi connectivity index (χ3v) is 6.38. The second-order valence-electron chi connectivity index (χ2n) is 7.86. The topological polar surface area (TPSA) is 69.9 Å². The Morgan fingerprint density at radius 2 is 1.94 bits per heavy atom. The average Bonchev–Trinajstić information content (AvgIpc) is 3.07. The second-order valence-corrected chi connectivity index (χ2v) is 9.31. The van der Waals surface area contributed by atoms with Gasteiger partial charge in [0.15, 0.2) is 4.80 Å². The van der Waals surface area contributed by atoms with Crippen molar-refractivity contribution in [3.05, 3.63) is 95.6 Å². The molecule has 0 unspecified atom stereocenters. The number of aromatic nitrogens is 1. The van der Waals surface area contributed by atoms with Crippen LogP contribution in [0.15, 0.2) is 69.6 Å². The first-order valence-corrected chi connectivity index (χ1v) is 11.6. The van der Waals surface area contributed by atoms with E-state index in [9.17, 15) is 9.59 Å². The van der Waals surface area contributed by atoms with Crippen molar-refractivity contribution in [1.82, 2.24) is 4.57 Å². The molecule has 170 valence electrons. The van der Waals surface area contributed by atoms with Gasteiger partial charge in [0.05, 0.1) is 35.1 Å². The van der Waals surface area contributed by atoms with E-state index in [1.807, 2.05) is 24.3 Å². The Morgan fingerprint density at radius 1 is 1.21 bits per heavy atom. The highest BCUT2D eigenvalue weighted by Gasteiger charge is 2.33. The predicted octanol–water partition coefficient (Wildman–Crippen LogP) is 3.85. The van der Waals surface area contributed by atoms with Crippen molar-refractivity contribution in [2.75, 3.05) is 7.11 Å². The Balaban J connectivity index is 1.94. The summed E-state index contributed by atoms with van der Waals surface area (Å²) in [6.07, 6.45) is 1.48. The van der Waals surface area contributed by atoms with Crippen LogP contribution >= 0.6 is 22.9 Å². The molecule has 0 aliphatic carbocycles. The van der Waals surface area contributed by atoms with E-state index in [-0.39, 0.29) is 11.7 Å². The van der Waals surface area contributed by atoms with Gasteiger partial charge in [-0.25, -0.2) is 9.79 Å². The SMILES string of the molecule is COc1ccc([C@@H]2C(C(=O)OC(C)C)=C(C)N=c3s/c(=C\c4cccc(Cl)c4)c(=O)n32)cc1. The number of esters is 1. The first kappa shape index (κ1) is 23.0. The predicted molar refractivity (Wildman–Crippen MR) is 129 cm³/mol. The highest BCUT2D eigenvalue weighted by molar-refractivity contribution is 7.07. The van der Waals surface area contributed by atoms with Gasteiger partial charge in [-0.15, -0.1) is 0 Å². The van der Waals surface area contributed by atoms with E-state index < -0.39 is 12.0 Å². The molecule has 0 radical (unpaired) electrons. The van der Waals surface area contributed by atoms with Gasteiger partial charge in [0.1, 0.15) is 5.75 Å². The number of halogens is 1. The van der Waals surface area contributed by atoms with Crippen LogP contribution in [-0.4, -0.2) is 23.8 Å². The number of carbonyl (C=O) groups excluding carboxylic acids is 1. The molecule has 0 bridgehead atoms. The fourth-order valence-electron chi connectivity index (χ4n) is 3.71. The lowest BCUT2D eigenvalue weighted by Crippen LogP contribution is -2.40. The number of carbonyl (C=O) groups is 1. The normalized spacial score (nSPS) is 15.9. The van der Waals surface area contributed by atoms with Crippen LogP contribution in [0.1, 0.15) is 37.9 Å². The number of nitrogens with zero attached hydrogens (tertiary/aromatic N) is 2. The summed E-state index contributed by atoms with van der Waals surface area (Å²) in [4.78, 5) is 31.8. The molecule has 2 heterocycles. The Labute approximate surface area is 200 Å². The third-order valence-electron chi connectivity index (χ3n) is 5.16. The lowest BCUT2D eigenvalue weighted by atomic mass is 9.96. The summed E-state index contributed by atoms with van der Waals surface area (Å²) in [6.45, 7) is 5.34. The molecule has 1 aliphatic rings. The molecule has 0 N–H and O–H groups in total. The Morgan fingerprint density at radius 3 is 2.58 bits per heavy atom. The van der Waals surface area contributed by atoms with Crippen LogP contribution in [0.2, 0.25) is 5.02 Å². The molecule has 6 nitrogen and oxygen atoms in total. The van der Waals surface area contributed by atoms with Crippen LogP contribution in [0.4, 0.5) is 0 Å². The number of rotatable bonds is 5. The summed E-state index contributed by atoms with van der Waals surface area (Å²) >= 11 is 7.38. The zero-order chi connectivity index (χ0) is 23.7. The first-order valence-electron chi connectivity index (χ1n) is 10.4. The van der Waals surface area contributed by atoms with Crippen LogP contribution in [0.5, 0.6) is 5.75 Å². The minimum Gasteiger partial charge on any atom is -0.497 e. The van der Waals surface area contributed by atoms with E-state index in [0.29, 0.717) is 31.4 Å². The summed E-state index contributed by atoms with van der Waals surface area (Å²) < 4.78 is 12.8. The lowest BCUT2D eigenvalue weighted by Gasteiger charge is -2.25. The van der Waals surface area contributed by atoms with E-state index >= 15 is 0 Å². The lowest BCUT2D eigenvalue weighted by molar-refractivity contribution is -0.143. The molecule has 1 atom stereocenters. The molecule has 0 fully saturated rings. The van der Waals surface area contributed by atoms with Crippen molar-refractivity contribution in [3.8, 4) is 5.75 Å². The monoisotopic (exact) mass is 482 g/mol. The minimum atomic E-state index is -0.667. The molecule has 0 amide bonds. The van der Waals surface area contributed by atoms with Crippen LogP contribution in [0, 0.1) is 0 Å². The number of allylic oxidation sites excluding steroid dienone is 1. The van der Waals surface area contributed by atoms with E-state index in [1.165, 1.54) is 11.3 Å². The van der Waals surface area contributed by atoms with Crippen LogP contribution < -0.4 is 19.6 Å². The average molecular weight is 483 g/mol. The highest BCUT2D eigenvalue weighted by atomic mass is 35.5. The maximum absolute atomic E-state index is 13.6. The molecule has 4 rings (SSSR count). The smallest absolute Gasteiger partial charge is 0.338 e. The van der Waals surface area contributed by atoms with Gasteiger partial charge in [-0.1, -0.05) is 47.2 Å². The van der Waals surface area contributed by atoms with Crippen molar-refractivity contribution < 1.29 is 14.3 Å². The van der Waals surface area contributed by atoms with Crippen molar-refractivity contribution >= 4 is 35.0 Å². The molecule has 1 aromatic heterocycles. The fraction of sp³-hybridized carbons (Fsp3) is 0.240. The van der Waals surface area contributed by atoms with Crippen LogP contribution in [0.3, 0.4) is 0 Å². The summed E-state index contributed by atoms with van der Waals surface area (Å²) in [5, 5.41) is 0.585. The largest absolute Gasteiger partial charge is 0.497 e. The van der Waals surface area contributed by atoms with Crippen molar-refractivity contribution in [1.29, 1.82) is 0 Å². The summed E-state index contributed by atoms with van der Waals surface area (Å²) in [7, 11) is 1.59. The molecular formula is C25H23ClN2O4S. The number of thiazole rings is 1. The second kappa shape index (κ2) is 9.37. The standard InChI is InChI=1S/C25H23ClN2O4S/c1-14(2)32-24(30)21-15(3)27-25-28(22(21)17-8-10-19(31-4)11-9-17)23(29)20(33-25)13-16-6-5-7-18(26)12-16/h5-14,22H,1-4H3/b20-13-/t22-/m1/s1. The number of fused-ring (bicyclic) bond motifs is 1. The van der Waals surface area contributed by atoms with Gasteiger partial charge in [-0.3, -0.25) is 9.36 Å². The summed E-state index contributed by atoms with van der Waals surface area (Å²) in [6, 6.07) is 13.9. The number of hydrogen-bond acceptors (Lipinski definition) is 6. The maximum Gasteiger partial charge on any atom is 0.338 e. The molecule has 0 saturated carbocycles. The van der Waals surface area contributed by atoms with Gasteiger partial charge < -0.3 is 9.47 Å².